The van der Waals surface area contributed by atoms with Crippen LogP contribution in [-0.2, 0) is 0 Å². The molecule has 2 nitrogen and oxygen atoms in total. The molecule has 0 bridgehead atoms. The van der Waals surface area contributed by atoms with Gasteiger partial charge in [0, 0.05) is 17.8 Å². The third-order valence-electron chi connectivity index (χ3n) is 2.84. The van der Waals surface area contributed by atoms with Crippen LogP contribution < -0.4 is 10.1 Å². The van der Waals surface area contributed by atoms with E-state index in [0.29, 0.717) is 5.69 Å². The van der Waals surface area contributed by atoms with Gasteiger partial charge in [0.15, 0.2) is 0 Å². The van der Waals surface area contributed by atoms with Crippen LogP contribution in [-0.4, -0.2) is 12.4 Å². The number of nitrogens with one attached hydrogen (secondary N) is 1. The Bertz CT molecular complexity index is 379. The molecule has 0 heterocycles. The van der Waals surface area contributed by atoms with Gasteiger partial charge in [-0.05, 0) is 25.0 Å². The van der Waals surface area contributed by atoms with Gasteiger partial charge in [-0.2, -0.15) is 0 Å². The topological polar surface area (TPSA) is 21.3 Å². The summed E-state index contributed by atoms with van der Waals surface area (Å²) >= 11 is 0. The van der Waals surface area contributed by atoms with Crippen molar-refractivity contribution in [2.24, 2.45) is 0 Å². The summed E-state index contributed by atoms with van der Waals surface area (Å²) in [5.74, 6) is -0.192. The highest BCUT2D eigenvalue weighted by molar-refractivity contribution is 5.48. The zero-order valence-corrected chi connectivity index (χ0v) is 11.3. The molecule has 0 fully saturated rings. The SMILES string of the molecule is CCCCC(CC)Nc1cccc(OC(F)(F)F)c1. The van der Waals surface area contributed by atoms with E-state index in [0.717, 1.165) is 25.7 Å². The standard InChI is InChI=1S/C14H20F3NO/c1-3-5-7-11(4-2)18-12-8-6-9-13(10-12)19-14(15,16)17/h6,8-11,18H,3-5,7H2,1-2H3. The highest BCUT2D eigenvalue weighted by Gasteiger charge is 2.31. The third-order valence-corrected chi connectivity index (χ3v) is 2.84. The van der Waals surface area contributed by atoms with Crippen molar-refractivity contribution >= 4 is 5.69 Å². The maximum Gasteiger partial charge on any atom is 0.573 e. The Morgan fingerprint density at radius 1 is 1.26 bits per heavy atom. The van der Waals surface area contributed by atoms with E-state index >= 15 is 0 Å². The van der Waals surface area contributed by atoms with Gasteiger partial charge in [0.2, 0.25) is 0 Å². The molecule has 0 amide bonds. The molecule has 108 valence electrons. The van der Waals surface area contributed by atoms with E-state index in [4.69, 9.17) is 0 Å². The molecule has 0 saturated carbocycles. The average molecular weight is 275 g/mol. The summed E-state index contributed by atoms with van der Waals surface area (Å²) in [6.07, 6.45) is -0.494. The van der Waals surface area contributed by atoms with Crippen LogP contribution in [0, 0.1) is 0 Å². The van der Waals surface area contributed by atoms with Crippen molar-refractivity contribution in [2.45, 2.75) is 51.9 Å². The van der Waals surface area contributed by atoms with E-state index < -0.39 is 6.36 Å². The number of anilines is 1. The number of ether oxygens (including phenoxy) is 1. The number of hydrogen-bond donors (Lipinski definition) is 1. The van der Waals surface area contributed by atoms with Crippen LogP contribution in [0.4, 0.5) is 18.9 Å². The van der Waals surface area contributed by atoms with Crippen LogP contribution in [0.2, 0.25) is 0 Å². The molecule has 0 aliphatic rings. The first-order chi connectivity index (χ1) is 8.94. The fourth-order valence-electron chi connectivity index (χ4n) is 1.85. The Kier molecular flexibility index (Phi) is 5.99. The van der Waals surface area contributed by atoms with Gasteiger partial charge < -0.3 is 10.1 Å². The first-order valence-electron chi connectivity index (χ1n) is 6.57. The van der Waals surface area contributed by atoms with E-state index in [-0.39, 0.29) is 11.8 Å². The minimum absolute atomic E-state index is 0.192. The molecule has 0 aliphatic carbocycles. The van der Waals surface area contributed by atoms with E-state index in [2.05, 4.69) is 23.9 Å². The zero-order valence-electron chi connectivity index (χ0n) is 11.3. The normalized spacial score (nSPS) is 13.1. The lowest BCUT2D eigenvalue weighted by atomic mass is 10.1. The Balaban J connectivity index is 2.65. The monoisotopic (exact) mass is 275 g/mol. The van der Waals surface area contributed by atoms with Crippen LogP contribution in [0.25, 0.3) is 0 Å². The summed E-state index contributed by atoms with van der Waals surface area (Å²) in [6, 6.07) is 6.25. The van der Waals surface area contributed by atoms with Crippen molar-refractivity contribution in [3.8, 4) is 5.75 Å². The lowest BCUT2D eigenvalue weighted by Gasteiger charge is -2.18. The lowest BCUT2D eigenvalue weighted by Crippen LogP contribution is -2.19. The summed E-state index contributed by atoms with van der Waals surface area (Å²) in [7, 11) is 0. The zero-order chi connectivity index (χ0) is 14.3. The van der Waals surface area contributed by atoms with Crippen molar-refractivity contribution in [1.82, 2.24) is 0 Å². The second kappa shape index (κ2) is 7.26. The van der Waals surface area contributed by atoms with Crippen molar-refractivity contribution < 1.29 is 17.9 Å². The van der Waals surface area contributed by atoms with Gasteiger partial charge >= 0.3 is 6.36 Å². The predicted molar refractivity (Wildman–Crippen MR) is 70.4 cm³/mol. The molecule has 1 atom stereocenters. The molecule has 1 unspecified atom stereocenters. The molecule has 0 saturated heterocycles. The van der Waals surface area contributed by atoms with Crippen LogP contribution in [0.15, 0.2) is 24.3 Å². The first kappa shape index (κ1) is 15.7. The molecule has 19 heavy (non-hydrogen) atoms. The summed E-state index contributed by atoms with van der Waals surface area (Å²) in [5.41, 5.74) is 0.657. The van der Waals surface area contributed by atoms with E-state index in [9.17, 15) is 13.2 Å². The lowest BCUT2D eigenvalue weighted by molar-refractivity contribution is -0.274. The molecule has 1 rings (SSSR count). The van der Waals surface area contributed by atoms with Crippen LogP contribution in [0.5, 0.6) is 5.75 Å². The van der Waals surface area contributed by atoms with Crippen LogP contribution in [0.1, 0.15) is 39.5 Å². The molecule has 1 N–H and O–H groups in total. The van der Waals surface area contributed by atoms with Crippen molar-refractivity contribution in [3.63, 3.8) is 0 Å². The molecule has 0 aromatic heterocycles. The minimum atomic E-state index is -4.65. The number of rotatable bonds is 7. The van der Waals surface area contributed by atoms with Gasteiger partial charge in [-0.3, -0.25) is 0 Å². The highest BCUT2D eigenvalue weighted by Crippen LogP contribution is 2.25. The second-order valence-corrected chi connectivity index (χ2v) is 4.47. The minimum Gasteiger partial charge on any atom is -0.406 e. The van der Waals surface area contributed by atoms with Gasteiger partial charge in [0.05, 0.1) is 0 Å². The Labute approximate surface area is 112 Å². The van der Waals surface area contributed by atoms with Crippen LogP contribution in [0.3, 0.4) is 0 Å². The summed E-state index contributed by atoms with van der Waals surface area (Å²) in [4.78, 5) is 0. The van der Waals surface area contributed by atoms with Crippen molar-refractivity contribution in [2.75, 3.05) is 5.32 Å². The van der Waals surface area contributed by atoms with E-state index in [1.54, 1.807) is 12.1 Å². The van der Waals surface area contributed by atoms with Gasteiger partial charge in [-0.15, -0.1) is 13.2 Å². The van der Waals surface area contributed by atoms with Gasteiger partial charge in [-0.25, -0.2) is 0 Å². The predicted octanol–water partition coefficient (Wildman–Crippen LogP) is 4.97. The first-order valence-corrected chi connectivity index (χ1v) is 6.57. The van der Waals surface area contributed by atoms with E-state index in [1.807, 2.05) is 0 Å². The van der Waals surface area contributed by atoms with Crippen molar-refractivity contribution in [3.05, 3.63) is 24.3 Å². The molecular weight excluding hydrogens is 255 g/mol. The maximum atomic E-state index is 12.1. The molecule has 0 aliphatic heterocycles. The van der Waals surface area contributed by atoms with Gasteiger partial charge in [-0.1, -0.05) is 32.8 Å². The molecule has 1 aromatic rings. The highest BCUT2D eigenvalue weighted by atomic mass is 19.4. The Morgan fingerprint density at radius 2 is 2.00 bits per heavy atom. The largest absolute Gasteiger partial charge is 0.573 e. The second-order valence-electron chi connectivity index (χ2n) is 4.47. The number of hydrogen-bond acceptors (Lipinski definition) is 2. The summed E-state index contributed by atoms with van der Waals surface area (Å²) in [5, 5.41) is 3.24. The van der Waals surface area contributed by atoms with Crippen LogP contribution >= 0.6 is 0 Å². The molecule has 5 heteroatoms. The van der Waals surface area contributed by atoms with E-state index in [1.165, 1.54) is 12.1 Å². The quantitative estimate of drug-likeness (QED) is 0.759. The third kappa shape index (κ3) is 6.36. The molecule has 0 radical (unpaired) electrons. The fraction of sp³-hybridized carbons (Fsp3) is 0.571. The Hall–Kier alpha value is -1.39. The number of alkyl halides is 3. The molecular formula is C14H20F3NO. The smallest absolute Gasteiger partial charge is 0.406 e. The number of benzene rings is 1. The summed E-state index contributed by atoms with van der Waals surface area (Å²) < 4.78 is 40.3. The molecule has 1 aromatic carbocycles. The summed E-state index contributed by atoms with van der Waals surface area (Å²) in [6.45, 7) is 4.17. The van der Waals surface area contributed by atoms with Crippen molar-refractivity contribution in [1.29, 1.82) is 0 Å². The van der Waals surface area contributed by atoms with Gasteiger partial charge in [0.1, 0.15) is 5.75 Å². The fourth-order valence-corrected chi connectivity index (χ4v) is 1.85. The molecule has 0 spiro atoms. The Morgan fingerprint density at radius 3 is 2.58 bits per heavy atom. The van der Waals surface area contributed by atoms with Gasteiger partial charge in [0.25, 0.3) is 0 Å². The number of halogens is 3. The maximum absolute atomic E-state index is 12.1. The average Bonchev–Trinajstić information content (AvgIpc) is 2.32. The number of unbranched alkanes of at least 4 members (excludes halogenated alkanes) is 1.